The van der Waals surface area contributed by atoms with Gasteiger partial charge in [-0.25, -0.2) is 13.2 Å². The first-order chi connectivity index (χ1) is 6.02. The number of benzene rings is 1. The van der Waals surface area contributed by atoms with Crippen molar-refractivity contribution in [2.24, 2.45) is 5.73 Å². The lowest BCUT2D eigenvalue weighted by atomic mass is 10.0. The van der Waals surface area contributed by atoms with E-state index in [0.29, 0.717) is 5.56 Å². The number of halogens is 3. The van der Waals surface area contributed by atoms with Crippen LogP contribution in [0.5, 0.6) is 0 Å². The maximum absolute atomic E-state index is 12.7. The fourth-order valence-corrected chi connectivity index (χ4v) is 1.11. The van der Waals surface area contributed by atoms with Gasteiger partial charge in [-0.05, 0) is 30.2 Å². The van der Waals surface area contributed by atoms with Gasteiger partial charge in [0.2, 0.25) is 0 Å². The Bertz CT molecular complexity index is 299. The minimum Gasteiger partial charge on any atom is -0.319 e. The average molecular weight is 189 g/mol. The molecule has 0 heterocycles. The lowest BCUT2D eigenvalue weighted by Gasteiger charge is -2.13. The molecule has 13 heavy (non-hydrogen) atoms. The zero-order chi connectivity index (χ0) is 10.0. The van der Waals surface area contributed by atoms with Crippen LogP contribution in [-0.4, -0.2) is 6.43 Å². The highest BCUT2D eigenvalue weighted by molar-refractivity contribution is 5.29. The van der Waals surface area contributed by atoms with Crippen LogP contribution in [0.4, 0.5) is 13.2 Å². The topological polar surface area (TPSA) is 26.0 Å². The Morgan fingerprint density at radius 1 is 1.31 bits per heavy atom. The molecule has 0 fully saturated rings. The number of hydrogen-bond acceptors (Lipinski definition) is 1. The van der Waals surface area contributed by atoms with Gasteiger partial charge in [-0.3, -0.25) is 0 Å². The quantitative estimate of drug-likeness (QED) is 0.759. The lowest BCUT2D eigenvalue weighted by molar-refractivity contribution is 0.116. The first-order valence-electron chi connectivity index (χ1n) is 3.82. The van der Waals surface area contributed by atoms with E-state index in [0.717, 1.165) is 6.07 Å². The molecule has 0 aliphatic carbocycles. The third kappa shape index (κ3) is 2.21. The van der Waals surface area contributed by atoms with E-state index in [1.54, 1.807) is 6.92 Å². The molecule has 1 nitrogen and oxygen atoms in total. The number of hydrogen-bond donors (Lipinski definition) is 1. The molecule has 0 aromatic heterocycles. The van der Waals surface area contributed by atoms with Crippen LogP contribution >= 0.6 is 0 Å². The summed E-state index contributed by atoms with van der Waals surface area (Å²) < 4.78 is 37.0. The summed E-state index contributed by atoms with van der Waals surface area (Å²) in [6.07, 6.45) is -2.67. The number of alkyl halides is 2. The maximum atomic E-state index is 12.7. The summed E-state index contributed by atoms with van der Waals surface area (Å²) in [4.78, 5) is 0. The SMILES string of the molecule is Cc1ccc(F)cc1C(N)C(F)F. The first kappa shape index (κ1) is 10.1. The van der Waals surface area contributed by atoms with Crippen molar-refractivity contribution in [3.63, 3.8) is 0 Å². The molecule has 4 heteroatoms. The molecule has 0 radical (unpaired) electrons. The van der Waals surface area contributed by atoms with Gasteiger partial charge < -0.3 is 5.73 Å². The average Bonchev–Trinajstić information content (AvgIpc) is 2.08. The van der Waals surface area contributed by atoms with Crippen molar-refractivity contribution < 1.29 is 13.2 Å². The van der Waals surface area contributed by atoms with E-state index in [1.807, 2.05) is 0 Å². The minimum atomic E-state index is -2.67. The summed E-state index contributed by atoms with van der Waals surface area (Å²) in [5, 5.41) is 0. The fourth-order valence-electron chi connectivity index (χ4n) is 1.11. The van der Waals surface area contributed by atoms with Gasteiger partial charge in [0, 0.05) is 0 Å². The van der Waals surface area contributed by atoms with Crippen molar-refractivity contribution in [3.8, 4) is 0 Å². The van der Waals surface area contributed by atoms with Gasteiger partial charge in [-0.2, -0.15) is 0 Å². The fraction of sp³-hybridized carbons (Fsp3) is 0.333. The third-order valence-corrected chi connectivity index (χ3v) is 1.87. The Balaban J connectivity index is 3.05. The highest BCUT2D eigenvalue weighted by Gasteiger charge is 2.19. The number of aryl methyl sites for hydroxylation is 1. The van der Waals surface area contributed by atoms with Crippen molar-refractivity contribution in [2.45, 2.75) is 19.4 Å². The summed E-state index contributed by atoms with van der Waals surface area (Å²) in [5.74, 6) is -0.545. The van der Waals surface area contributed by atoms with Gasteiger partial charge in [-0.1, -0.05) is 6.07 Å². The van der Waals surface area contributed by atoms with Gasteiger partial charge >= 0.3 is 0 Å². The highest BCUT2D eigenvalue weighted by Crippen LogP contribution is 2.21. The van der Waals surface area contributed by atoms with E-state index < -0.39 is 18.3 Å². The van der Waals surface area contributed by atoms with Crippen molar-refractivity contribution in [3.05, 3.63) is 35.1 Å². The standard InChI is InChI=1S/C9H10F3N/c1-5-2-3-6(10)4-7(5)8(13)9(11)12/h2-4,8-9H,13H2,1H3. The molecular formula is C9H10F3N. The second-order valence-corrected chi connectivity index (χ2v) is 2.86. The van der Waals surface area contributed by atoms with E-state index in [9.17, 15) is 13.2 Å². The molecule has 0 aliphatic heterocycles. The molecule has 2 N–H and O–H groups in total. The summed E-state index contributed by atoms with van der Waals surface area (Å²) in [6, 6.07) is 2.30. The summed E-state index contributed by atoms with van der Waals surface area (Å²) >= 11 is 0. The summed E-state index contributed by atoms with van der Waals surface area (Å²) in [7, 11) is 0. The van der Waals surface area contributed by atoms with E-state index >= 15 is 0 Å². The second-order valence-electron chi connectivity index (χ2n) is 2.86. The van der Waals surface area contributed by atoms with Gasteiger partial charge in [0.25, 0.3) is 6.43 Å². The molecule has 1 atom stereocenters. The molecule has 0 amide bonds. The van der Waals surface area contributed by atoms with Gasteiger partial charge in [0.05, 0.1) is 6.04 Å². The molecule has 0 spiro atoms. The minimum absolute atomic E-state index is 0.162. The van der Waals surface area contributed by atoms with Crippen LogP contribution in [0.1, 0.15) is 17.2 Å². The van der Waals surface area contributed by atoms with Gasteiger partial charge in [0.15, 0.2) is 0 Å². The second kappa shape index (κ2) is 3.79. The normalized spacial score (nSPS) is 13.4. The molecule has 0 saturated carbocycles. The zero-order valence-corrected chi connectivity index (χ0v) is 7.10. The van der Waals surface area contributed by atoms with E-state index in [4.69, 9.17) is 5.73 Å². The maximum Gasteiger partial charge on any atom is 0.257 e. The smallest absolute Gasteiger partial charge is 0.257 e. The van der Waals surface area contributed by atoms with Gasteiger partial charge in [0.1, 0.15) is 5.82 Å². The Hall–Kier alpha value is -1.03. The van der Waals surface area contributed by atoms with Crippen molar-refractivity contribution >= 4 is 0 Å². The molecular weight excluding hydrogens is 179 g/mol. The Morgan fingerprint density at radius 3 is 2.46 bits per heavy atom. The molecule has 0 bridgehead atoms. The van der Waals surface area contributed by atoms with E-state index in [1.165, 1.54) is 12.1 Å². The molecule has 1 unspecified atom stereocenters. The van der Waals surface area contributed by atoms with Crippen molar-refractivity contribution in [1.82, 2.24) is 0 Å². The summed E-state index contributed by atoms with van der Waals surface area (Å²) in [5.41, 5.74) is 5.93. The molecule has 1 aromatic carbocycles. The predicted octanol–water partition coefficient (Wildman–Crippen LogP) is 2.40. The lowest BCUT2D eigenvalue weighted by Crippen LogP contribution is -2.20. The Labute approximate surface area is 74.4 Å². The van der Waals surface area contributed by atoms with Crippen LogP contribution in [-0.2, 0) is 0 Å². The molecule has 0 saturated heterocycles. The number of rotatable bonds is 2. The molecule has 1 aromatic rings. The van der Waals surface area contributed by atoms with Crippen molar-refractivity contribution in [1.29, 1.82) is 0 Å². The molecule has 1 rings (SSSR count). The summed E-state index contributed by atoms with van der Waals surface area (Å²) in [6.45, 7) is 1.62. The van der Waals surface area contributed by atoms with E-state index in [2.05, 4.69) is 0 Å². The van der Waals surface area contributed by atoms with Crippen LogP contribution in [0.15, 0.2) is 18.2 Å². The van der Waals surface area contributed by atoms with Crippen LogP contribution in [0.25, 0.3) is 0 Å². The highest BCUT2D eigenvalue weighted by atomic mass is 19.3. The first-order valence-corrected chi connectivity index (χ1v) is 3.82. The number of nitrogens with two attached hydrogens (primary N) is 1. The van der Waals surface area contributed by atoms with Crippen LogP contribution in [0.3, 0.4) is 0 Å². The van der Waals surface area contributed by atoms with Crippen LogP contribution in [0.2, 0.25) is 0 Å². The molecule has 72 valence electrons. The largest absolute Gasteiger partial charge is 0.319 e. The molecule has 0 aliphatic rings. The van der Waals surface area contributed by atoms with Gasteiger partial charge in [-0.15, -0.1) is 0 Å². The zero-order valence-electron chi connectivity index (χ0n) is 7.10. The third-order valence-electron chi connectivity index (χ3n) is 1.87. The Kier molecular flexibility index (Phi) is 2.93. The van der Waals surface area contributed by atoms with E-state index in [-0.39, 0.29) is 5.56 Å². The van der Waals surface area contributed by atoms with Crippen LogP contribution < -0.4 is 5.73 Å². The predicted molar refractivity (Wildman–Crippen MR) is 44.1 cm³/mol. The van der Waals surface area contributed by atoms with Crippen LogP contribution in [0, 0.1) is 12.7 Å². The van der Waals surface area contributed by atoms with Crippen molar-refractivity contribution in [2.75, 3.05) is 0 Å². The monoisotopic (exact) mass is 189 g/mol. The Morgan fingerprint density at radius 2 is 1.92 bits per heavy atom.